The molecule has 1 heterocycles. The summed E-state index contributed by atoms with van der Waals surface area (Å²) >= 11 is 6.33. The number of halogens is 1. The summed E-state index contributed by atoms with van der Waals surface area (Å²) in [6.07, 6.45) is 5.15. The molecule has 1 aliphatic carbocycles. The van der Waals surface area contributed by atoms with Gasteiger partial charge in [-0.15, -0.1) is 0 Å². The average Bonchev–Trinajstić information content (AvgIpc) is 2.65. The molecule has 1 atom stereocenters. The van der Waals surface area contributed by atoms with Gasteiger partial charge in [0, 0.05) is 18.2 Å². The Bertz CT molecular complexity index is 891. The first-order valence-electron chi connectivity index (χ1n) is 9.51. The Balaban J connectivity index is 1.91. The fourth-order valence-corrected chi connectivity index (χ4v) is 4.92. The van der Waals surface area contributed by atoms with Crippen LogP contribution in [-0.4, -0.2) is 31.3 Å². The lowest BCUT2D eigenvalue weighted by atomic mass is 9.82. The monoisotopic (exact) mass is 425 g/mol. The van der Waals surface area contributed by atoms with E-state index in [2.05, 4.69) is 15.6 Å². The highest BCUT2D eigenvalue weighted by Gasteiger charge is 2.39. The molecule has 1 unspecified atom stereocenters. The molecule has 0 amide bonds. The fourth-order valence-electron chi connectivity index (χ4n) is 3.57. The second kappa shape index (κ2) is 8.02. The van der Waals surface area contributed by atoms with Gasteiger partial charge < -0.3 is 16.4 Å². The summed E-state index contributed by atoms with van der Waals surface area (Å²) in [7, 11) is -3.47. The maximum absolute atomic E-state index is 12.7. The molecule has 3 rings (SSSR count). The number of hydrogen-bond acceptors (Lipinski definition) is 7. The second-order valence-electron chi connectivity index (χ2n) is 7.75. The minimum absolute atomic E-state index is 0.111. The fraction of sp³-hybridized carbons (Fsp3) is 0.526. The van der Waals surface area contributed by atoms with E-state index in [4.69, 9.17) is 23.1 Å². The Morgan fingerprint density at radius 1 is 1.25 bits per heavy atom. The van der Waals surface area contributed by atoms with Crippen molar-refractivity contribution in [2.24, 2.45) is 22.4 Å². The third-order valence-electron chi connectivity index (χ3n) is 5.41. The molecule has 28 heavy (non-hydrogen) atoms. The van der Waals surface area contributed by atoms with Crippen molar-refractivity contribution in [2.45, 2.75) is 61.5 Å². The number of nitrogens with two attached hydrogens (primary N) is 2. The predicted molar refractivity (Wildman–Crippen MR) is 114 cm³/mol. The molecule has 9 heteroatoms. The number of nitrogens with one attached hydrogen (secondary N) is 2. The van der Waals surface area contributed by atoms with E-state index in [0.717, 1.165) is 25.7 Å². The van der Waals surface area contributed by atoms with Gasteiger partial charge in [-0.3, -0.25) is 5.73 Å². The van der Waals surface area contributed by atoms with Crippen molar-refractivity contribution in [1.82, 2.24) is 5.32 Å². The lowest BCUT2D eigenvalue weighted by Crippen LogP contribution is -2.59. The van der Waals surface area contributed by atoms with Gasteiger partial charge in [-0.1, -0.05) is 23.7 Å². The number of aliphatic imine (C=N–C) groups is 1. The Kier molecular flexibility index (Phi) is 6.05. The Morgan fingerprint density at radius 3 is 2.54 bits per heavy atom. The average molecular weight is 426 g/mol. The van der Waals surface area contributed by atoms with Gasteiger partial charge in [-0.25, -0.2) is 13.4 Å². The number of anilines is 1. The standard InChI is InChI=1S/C19H28ClN5O2S/c1-12(2)28(26,27)17-6-4-3-5-16(17)24-18-15(20)11-23-19(22,25-18)13-7-9-14(21)10-8-13/h3-6,11-14,23H,7-10,21-22H2,1-2H3,(H,24,25)/t13-,14+,19?. The van der Waals surface area contributed by atoms with Gasteiger partial charge in [0.1, 0.15) is 5.84 Å². The van der Waals surface area contributed by atoms with Gasteiger partial charge in [-0.2, -0.15) is 0 Å². The molecule has 1 aromatic carbocycles. The molecular formula is C19H28ClN5O2S. The van der Waals surface area contributed by atoms with E-state index >= 15 is 0 Å². The first-order chi connectivity index (χ1) is 13.1. The van der Waals surface area contributed by atoms with Crippen molar-refractivity contribution in [3.63, 3.8) is 0 Å². The van der Waals surface area contributed by atoms with Crippen molar-refractivity contribution in [2.75, 3.05) is 5.32 Å². The Hall–Kier alpha value is -1.61. The van der Waals surface area contributed by atoms with E-state index < -0.39 is 20.9 Å². The van der Waals surface area contributed by atoms with Crippen molar-refractivity contribution in [3.05, 3.63) is 35.5 Å². The van der Waals surface area contributed by atoms with Gasteiger partial charge in [0.25, 0.3) is 0 Å². The number of para-hydroxylation sites is 1. The molecular weight excluding hydrogens is 398 g/mol. The van der Waals surface area contributed by atoms with Crippen LogP contribution in [0.2, 0.25) is 0 Å². The molecule has 1 aliphatic heterocycles. The summed E-state index contributed by atoms with van der Waals surface area (Å²) < 4.78 is 25.4. The molecule has 6 N–H and O–H groups in total. The lowest BCUT2D eigenvalue weighted by molar-refractivity contribution is 0.179. The third kappa shape index (κ3) is 4.20. The van der Waals surface area contributed by atoms with E-state index in [1.165, 1.54) is 0 Å². The Morgan fingerprint density at radius 2 is 1.89 bits per heavy atom. The van der Waals surface area contributed by atoms with Crippen LogP contribution in [0.1, 0.15) is 39.5 Å². The zero-order chi connectivity index (χ0) is 20.5. The highest BCUT2D eigenvalue weighted by Crippen LogP contribution is 2.33. The maximum Gasteiger partial charge on any atom is 0.187 e. The summed E-state index contributed by atoms with van der Waals surface area (Å²) in [4.78, 5) is 4.85. The molecule has 2 aliphatic rings. The van der Waals surface area contributed by atoms with Crippen LogP contribution in [0.3, 0.4) is 0 Å². The van der Waals surface area contributed by atoms with Crippen LogP contribution in [0, 0.1) is 5.92 Å². The van der Waals surface area contributed by atoms with Crippen LogP contribution >= 0.6 is 11.6 Å². The molecule has 1 saturated carbocycles. The van der Waals surface area contributed by atoms with E-state index in [0.29, 0.717) is 16.6 Å². The van der Waals surface area contributed by atoms with E-state index in [1.807, 2.05) is 0 Å². The second-order valence-corrected chi connectivity index (χ2v) is 10.6. The topological polar surface area (TPSA) is 123 Å². The third-order valence-corrected chi connectivity index (χ3v) is 7.91. The first kappa shape index (κ1) is 21.1. The SMILES string of the molecule is CC(C)S(=O)(=O)c1ccccc1NC1=NC(N)([C@H]2CC[C@@H](N)CC2)NC=C1Cl. The van der Waals surface area contributed by atoms with Gasteiger partial charge in [0.15, 0.2) is 15.6 Å². The summed E-state index contributed by atoms with van der Waals surface area (Å²) in [6.45, 7) is 3.31. The number of benzene rings is 1. The van der Waals surface area contributed by atoms with Crippen molar-refractivity contribution in [3.8, 4) is 0 Å². The van der Waals surface area contributed by atoms with Gasteiger partial charge in [0.05, 0.1) is 20.9 Å². The maximum atomic E-state index is 12.7. The first-order valence-corrected chi connectivity index (χ1v) is 11.4. The minimum Gasteiger partial charge on any atom is -0.354 e. The molecule has 0 saturated heterocycles. The summed E-state index contributed by atoms with van der Waals surface area (Å²) in [5.74, 6) is -0.545. The van der Waals surface area contributed by atoms with E-state index in [1.54, 1.807) is 44.3 Å². The molecule has 154 valence electrons. The van der Waals surface area contributed by atoms with E-state index in [-0.39, 0.29) is 16.9 Å². The predicted octanol–water partition coefficient (Wildman–Crippen LogP) is 2.49. The highest BCUT2D eigenvalue weighted by molar-refractivity contribution is 7.92. The molecule has 1 aromatic rings. The normalized spacial score (nSPS) is 28.4. The van der Waals surface area contributed by atoms with Crippen molar-refractivity contribution >= 4 is 33.0 Å². The molecule has 1 fully saturated rings. The minimum atomic E-state index is -3.47. The van der Waals surface area contributed by atoms with Crippen LogP contribution in [0.4, 0.5) is 5.69 Å². The van der Waals surface area contributed by atoms with Gasteiger partial charge in [-0.05, 0) is 51.7 Å². The van der Waals surface area contributed by atoms with E-state index in [9.17, 15) is 8.42 Å². The highest BCUT2D eigenvalue weighted by atomic mass is 35.5. The van der Waals surface area contributed by atoms with Crippen LogP contribution in [0.25, 0.3) is 0 Å². The molecule has 7 nitrogen and oxygen atoms in total. The Labute approximate surface area is 171 Å². The van der Waals surface area contributed by atoms with Crippen LogP contribution in [0.15, 0.2) is 45.4 Å². The molecule has 0 radical (unpaired) electrons. The van der Waals surface area contributed by atoms with Crippen LogP contribution < -0.4 is 22.1 Å². The van der Waals surface area contributed by atoms with Crippen molar-refractivity contribution in [1.29, 1.82) is 0 Å². The number of amidine groups is 1. The van der Waals surface area contributed by atoms with Gasteiger partial charge in [0.2, 0.25) is 0 Å². The zero-order valence-corrected chi connectivity index (χ0v) is 17.7. The van der Waals surface area contributed by atoms with Crippen LogP contribution in [-0.2, 0) is 9.84 Å². The smallest absolute Gasteiger partial charge is 0.187 e. The van der Waals surface area contributed by atoms with Crippen molar-refractivity contribution < 1.29 is 8.42 Å². The number of rotatable bonds is 4. The number of nitrogens with zero attached hydrogens (tertiary/aromatic N) is 1. The quantitative estimate of drug-likeness (QED) is 0.587. The van der Waals surface area contributed by atoms with Gasteiger partial charge >= 0.3 is 0 Å². The summed E-state index contributed by atoms with van der Waals surface area (Å²) in [5, 5.41) is 5.99. The number of sulfone groups is 1. The zero-order valence-electron chi connectivity index (χ0n) is 16.2. The lowest BCUT2D eigenvalue weighted by Gasteiger charge is -2.40. The largest absolute Gasteiger partial charge is 0.354 e. The summed E-state index contributed by atoms with van der Waals surface area (Å²) in [6, 6.07) is 6.94. The number of hydrogen-bond donors (Lipinski definition) is 4. The molecule has 0 bridgehead atoms. The van der Waals surface area contributed by atoms with Crippen LogP contribution in [0.5, 0.6) is 0 Å². The molecule has 0 aromatic heterocycles. The molecule has 0 spiro atoms. The summed E-state index contributed by atoms with van der Waals surface area (Å²) in [5.41, 5.74) is 13.0.